The number of aromatic nitrogens is 4. The standard InChI is InChI=1S/C54H70N10O10S3/c1-33(2)48(52(67)64-30-40(73-53(68)72-31-54(5,6)76-77(7,69)70)24-44(64)51(66)57-34(3)37-12-14-38(15-13-37)49-35(4)56-32-75-49)46-26-47(60-74-46)71-23-22-61-18-16-36(17-19-61)28-62-20-21-63-39(29-62)27-55-50-43(63)25-42(58-59-50)41-10-8-9-11-45(41)65/h8-15,25-26,32-34,36,39-40,44,48,65H,16-24,27-31H2,1-7H3,(H,55,59)(H,57,66)/t34-,39-,40+,44-,48?/m0/s1. The summed E-state index contributed by atoms with van der Waals surface area (Å²) in [5, 5.41) is 30.1. The second-order valence-electron chi connectivity index (χ2n) is 21.6. The molecule has 3 aromatic heterocycles. The second-order valence-corrected chi connectivity index (χ2v) is 27.4. The molecule has 77 heavy (non-hydrogen) atoms. The molecule has 0 saturated carbocycles. The van der Waals surface area contributed by atoms with Crippen molar-refractivity contribution >= 4 is 60.5 Å². The SMILES string of the molecule is Cc1ncsc1-c1ccc([C@H](C)NC(=O)[C@@H]2C[C@@H](OC(=O)OCC(C)(C)SS(C)(=O)=O)CN2C(=O)C(c2cc(OCCN3CCC(CN4CCN5c6cc(-c7ccccc7O)nnc6NC[C@H]5C4)CC3)no2)C(C)C)cc1. The Kier molecular flexibility index (Phi) is 17.3. The minimum Gasteiger partial charge on any atom is -0.507 e. The number of aryl methyl sites for hydroxylation is 1. The first kappa shape index (κ1) is 55.7. The van der Waals surface area contributed by atoms with E-state index >= 15 is 0 Å². The molecule has 5 aromatic rings. The van der Waals surface area contributed by atoms with E-state index in [2.05, 4.69) is 45.7 Å². The highest BCUT2D eigenvalue weighted by molar-refractivity contribution is 8.72. The molecule has 414 valence electrons. The summed E-state index contributed by atoms with van der Waals surface area (Å²) in [4.78, 5) is 56.4. The molecule has 3 saturated heterocycles. The molecule has 2 aromatic carbocycles. The number of hydrogen-bond donors (Lipinski definition) is 3. The summed E-state index contributed by atoms with van der Waals surface area (Å²) in [6.45, 7) is 18.2. The van der Waals surface area contributed by atoms with Gasteiger partial charge in [0.25, 0.3) is 5.88 Å². The molecule has 5 atom stereocenters. The van der Waals surface area contributed by atoms with E-state index in [1.54, 1.807) is 43.4 Å². The van der Waals surface area contributed by atoms with Gasteiger partial charge in [-0.25, -0.2) is 18.2 Å². The van der Waals surface area contributed by atoms with E-state index in [9.17, 15) is 27.9 Å². The van der Waals surface area contributed by atoms with E-state index in [-0.39, 0.29) is 37.1 Å². The number of piperazine rings is 1. The Balaban J connectivity index is 0.773. The number of piperidine rings is 1. The van der Waals surface area contributed by atoms with E-state index in [4.69, 9.17) is 18.7 Å². The number of phenols is 1. The Morgan fingerprint density at radius 1 is 1.00 bits per heavy atom. The lowest BCUT2D eigenvalue weighted by molar-refractivity contribution is -0.141. The summed E-state index contributed by atoms with van der Waals surface area (Å²) in [5.74, 6) is 0.152. The lowest BCUT2D eigenvalue weighted by Gasteiger charge is -2.47. The van der Waals surface area contributed by atoms with Crippen LogP contribution >= 0.6 is 22.1 Å². The Labute approximate surface area is 457 Å². The number of nitrogens with zero attached hydrogens (tertiary/aromatic N) is 8. The number of thiazole rings is 1. The Morgan fingerprint density at radius 3 is 2.48 bits per heavy atom. The van der Waals surface area contributed by atoms with Gasteiger partial charge in [0.1, 0.15) is 37.0 Å². The molecule has 0 spiro atoms. The van der Waals surface area contributed by atoms with Crippen molar-refractivity contribution in [1.82, 2.24) is 40.4 Å². The molecule has 20 nitrogen and oxygen atoms in total. The van der Waals surface area contributed by atoms with Crippen molar-refractivity contribution < 1.29 is 46.6 Å². The van der Waals surface area contributed by atoms with E-state index in [0.717, 1.165) is 98.1 Å². The average Bonchev–Trinajstić information content (AvgIpc) is 4.19. The number of ether oxygens (including phenoxy) is 3. The van der Waals surface area contributed by atoms with Gasteiger partial charge in [0.15, 0.2) is 20.4 Å². The molecule has 4 aliphatic rings. The first-order valence-electron chi connectivity index (χ1n) is 26.3. The van der Waals surface area contributed by atoms with Gasteiger partial charge in [-0.1, -0.05) is 50.2 Å². The van der Waals surface area contributed by atoms with Crippen LogP contribution in [0.15, 0.2) is 70.7 Å². The number of amides is 2. The summed E-state index contributed by atoms with van der Waals surface area (Å²) in [6.07, 6.45) is 1.33. The minimum atomic E-state index is -3.43. The van der Waals surface area contributed by atoms with Crippen molar-refractivity contribution in [1.29, 1.82) is 0 Å². The van der Waals surface area contributed by atoms with Crippen molar-refractivity contribution in [3.05, 3.63) is 83.2 Å². The zero-order valence-corrected chi connectivity index (χ0v) is 47.2. The number of carbonyl (C=O) groups is 3. The number of carbonyl (C=O) groups excluding carboxylic acids is 3. The maximum atomic E-state index is 14.8. The fourth-order valence-corrected chi connectivity index (χ4v) is 15.2. The number of aromatic hydroxyl groups is 1. The number of benzene rings is 2. The van der Waals surface area contributed by atoms with Gasteiger partial charge in [-0.3, -0.25) is 19.4 Å². The molecule has 4 aliphatic heterocycles. The molecule has 0 bridgehead atoms. The maximum absolute atomic E-state index is 14.8. The third-order valence-electron chi connectivity index (χ3n) is 14.8. The Bertz CT molecular complexity index is 2980. The van der Waals surface area contributed by atoms with Gasteiger partial charge in [0.2, 0.25) is 11.8 Å². The molecule has 2 amide bonds. The van der Waals surface area contributed by atoms with Crippen LogP contribution in [0.4, 0.5) is 16.3 Å². The van der Waals surface area contributed by atoms with Crippen LogP contribution in [0.2, 0.25) is 0 Å². The normalized spacial score (nSPS) is 20.2. The summed E-state index contributed by atoms with van der Waals surface area (Å²) in [6, 6.07) is 17.6. The number of hydrogen-bond acceptors (Lipinski definition) is 20. The van der Waals surface area contributed by atoms with Gasteiger partial charge in [0.05, 0.1) is 50.8 Å². The highest BCUT2D eigenvalue weighted by Gasteiger charge is 2.46. The summed E-state index contributed by atoms with van der Waals surface area (Å²) >= 11 is 1.56. The largest absolute Gasteiger partial charge is 0.508 e. The molecular formula is C54H70N10O10S3. The summed E-state index contributed by atoms with van der Waals surface area (Å²) in [7, 11) is -2.76. The highest BCUT2D eigenvalue weighted by Crippen LogP contribution is 2.38. The van der Waals surface area contributed by atoms with Gasteiger partial charge in [0, 0.05) is 63.6 Å². The van der Waals surface area contributed by atoms with E-state index in [1.807, 2.05) is 75.7 Å². The average molecular weight is 1120 g/mol. The van der Waals surface area contributed by atoms with Crippen LogP contribution in [0.25, 0.3) is 21.7 Å². The van der Waals surface area contributed by atoms with Gasteiger partial charge in [-0.15, -0.1) is 21.5 Å². The minimum absolute atomic E-state index is 0.00262. The summed E-state index contributed by atoms with van der Waals surface area (Å²) < 4.78 is 45.9. The van der Waals surface area contributed by atoms with Crippen LogP contribution in [0, 0.1) is 18.8 Å². The monoisotopic (exact) mass is 1110 g/mol. The number of anilines is 2. The molecule has 3 fully saturated rings. The smallest absolute Gasteiger partial charge is 0.507 e. The first-order valence-corrected chi connectivity index (χ1v) is 30.4. The quantitative estimate of drug-likeness (QED) is 0.0548. The molecule has 3 N–H and O–H groups in total. The van der Waals surface area contributed by atoms with Crippen molar-refractivity contribution in [3.63, 3.8) is 0 Å². The number of fused-ring (bicyclic) bond motifs is 3. The Hall–Kier alpha value is -6.01. The highest BCUT2D eigenvalue weighted by atomic mass is 33.1. The zero-order chi connectivity index (χ0) is 54.6. The predicted molar refractivity (Wildman–Crippen MR) is 296 cm³/mol. The summed E-state index contributed by atoms with van der Waals surface area (Å²) in [5.41, 5.74) is 6.98. The van der Waals surface area contributed by atoms with Crippen LogP contribution in [0.5, 0.6) is 11.6 Å². The van der Waals surface area contributed by atoms with Crippen molar-refractivity contribution in [3.8, 4) is 33.3 Å². The number of rotatable bonds is 19. The van der Waals surface area contributed by atoms with Gasteiger partial charge >= 0.3 is 6.16 Å². The zero-order valence-electron chi connectivity index (χ0n) is 44.7. The number of nitrogens with one attached hydrogen (secondary N) is 2. The molecule has 0 aliphatic carbocycles. The van der Waals surface area contributed by atoms with Gasteiger partial charge in [-0.05, 0) is 111 Å². The second kappa shape index (κ2) is 23.9. The van der Waals surface area contributed by atoms with Crippen LogP contribution in [0.3, 0.4) is 0 Å². The third kappa shape index (κ3) is 13.8. The maximum Gasteiger partial charge on any atom is 0.508 e. The van der Waals surface area contributed by atoms with Crippen LogP contribution in [0.1, 0.15) is 82.9 Å². The molecule has 7 heterocycles. The number of likely N-dealkylation sites (tertiary alicyclic amines) is 2. The predicted octanol–water partition coefficient (Wildman–Crippen LogP) is 7.19. The molecular weight excluding hydrogens is 1040 g/mol. The lowest BCUT2D eigenvalue weighted by Crippen LogP contribution is -2.58. The van der Waals surface area contributed by atoms with E-state index in [0.29, 0.717) is 52.9 Å². The fourth-order valence-electron chi connectivity index (χ4n) is 10.9. The fraction of sp³-hybridized carbons (Fsp3) is 0.537. The van der Waals surface area contributed by atoms with E-state index in [1.165, 1.54) is 4.90 Å². The molecule has 23 heteroatoms. The topological polar surface area (TPSA) is 235 Å². The number of para-hydroxylation sites is 1. The van der Waals surface area contributed by atoms with Crippen LogP contribution in [-0.4, -0.2) is 168 Å². The third-order valence-corrected chi connectivity index (χ3v) is 18.9. The van der Waals surface area contributed by atoms with Crippen LogP contribution < -0.4 is 20.3 Å². The van der Waals surface area contributed by atoms with Crippen molar-refractivity contribution in [2.45, 2.75) is 95.7 Å². The number of phenolic OH excluding ortho intramolecular Hbond substituents is 1. The molecule has 1 unspecified atom stereocenters. The lowest BCUT2D eigenvalue weighted by atomic mass is 9.91. The van der Waals surface area contributed by atoms with Gasteiger partial charge in [-0.2, -0.15) is 0 Å². The van der Waals surface area contributed by atoms with Crippen molar-refractivity contribution in [2.24, 2.45) is 11.8 Å². The van der Waals surface area contributed by atoms with Crippen molar-refractivity contribution in [2.75, 3.05) is 88.6 Å². The molecule has 0 radical (unpaired) electrons. The van der Waals surface area contributed by atoms with Crippen LogP contribution in [-0.2, 0) is 27.9 Å². The first-order chi connectivity index (χ1) is 36.8. The van der Waals surface area contributed by atoms with Gasteiger partial charge < -0.3 is 44.3 Å². The molecule has 9 rings (SSSR count). The van der Waals surface area contributed by atoms with E-state index < -0.39 is 55.7 Å². The Morgan fingerprint density at radius 2 is 1.77 bits per heavy atom.